The molecule has 0 aromatic carbocycles. The lowest BCUT2D eigenvalue weighted by atomic mass is 9.85. The second kappa shape index (κ2) is 6.49. The molecule has 1 atom stereocenters. The van der Waals surface area contributed by atoms with Crippen molar-refractivity contribution < 1.29 is 13.2 Å². The number of sulfonamides is 1. The number of carbonyl (C=O) groups excluding carboxylic acids is 1. The number of amides is 1. The van der Waals surface area contributed by atoms with Crippen LogP contribution in [0.1, 0.15) is 34.6 Å². The summed E-state index contributed by atoms with van der Waals surface area (Å²) in [7, 11) is -3.29. The number of hydrogen-bond acceptors (Lipinski definition) is 6. The topological polar surface area (TPSA) is 114 Å². The highest BCUT2D eigenvalue weighted by molar-refractivity contribution is 7.88. The van der Waals surface area contributed by atoms with Crippen LogP contribution in [0.25, 0.3) is 0 Å². The maximum atomic E-state index is 12.5. The van der Waals surface area contributed by atoms with Crippen molar-refractivity contribution in [3.8, 4) is 0 Å². The fourth-order valence-electron chi connectivity index (χ4n) is 3.92. The molecule has 1 saturated heterocycles. The first-order valence-corrected chi connectivity index (χ1v) is 10.8. The Balaban J connectivity index is 1.62. The average molecular weight is 403 g/mol. The highest BCUT2D eigenvalue weighted by Crippen LogP contribution is 2.41. The van der Waals surface area contributed by atoms with Crippen molar-refractivity contribution in [2.45, 2.75) is 31.7 Å². The summed E-state index contributed by atoms with van der Waals surface area (Å²) in [5.41, 5.74) is -0.172. The first kappa shape index (κ1) is 18.8. The van der Waals surface area contributed by atoms with E-state index >= 15 is 0 Å². The average Bonchev–Trinajstić information content (AvgIpc) is 3.22. The third kappa shape index (κ3) is 3.22. The fraction of sp³-hybridized carbons (Fsp3) is 0.444. The van der Waals surface area contributed by atoms with Crippen molar-refractivity contribution in [3.05, 3.63) is 51.8 Å². The molecule has 1 amide bonds. The Bertz CT molecular complexity index is 1110. The SMILES string of the molecule is Cc1ccc(NC(=O)c2cn3c(nc2=O)[C@]2(CCN(S(C)(=O)=O)C2)CC3)nc1. The molecule has 0 saturated carbocycles. The fourth-order valence-corrected chi connectivity index (χ4v) is 4.82. The standard InChI is InChI=1S/C18H21N5O4S/c1-12-3-4-14(19-9-12)20-15(24)13-10-22-7-5-18(17(22)21-16(13)25)6-8-23(11-18)28(2,26)27/h3-4,9-10H,5-8,11H2,1-2H3,(H,19,20,24)/t18-/m0/s1. The van der Waals surface area contributed by atoms with Crippen molar-refractivity contribution >= 4 is 21.7 Å². The van der Waals surface area contributed by atoms with E-state index in [9.17, 15) is 18.0 Å². The van der Waals surface area contributed by atoms with Gasteiger partial charge in [0.1, 0.15) is 17.2 Å². The number of nitrogens with one attached hydrogen (secondary N) is 1. The molecular formula is C18H21N5O4S. The number of fused-ring (bicyclic) bond motifs is 2. The number of aryl methyl sites for hydroxylation is 2. The third-order valence-electron chi connectivity index (χ3n) is 5.49. The van der Waals surface area contributed by atoms with E-state index in [0.29, 0.717) is 44.1 Å². The van der Waals surface area contributed by atoms with E-state index in [-0.39, 0.29) is 5.56 Å². The summed E-state index contributed by atoms with van der Waals surface area (Å²) in [6, 6.07) is 3.48. The number of nitrogens with zero attached hydrogens (tertiary/aromatic N) is 4. The summed E-state index contributed by atoms with van der Waals surface area (Å²) >= 11 is 0. The van der Waals surface area contributed by atoms with Gasteiger partial charge in [-0.2, -0.15) is 4.98 Å². The van der Waals surface area contributed by atoms with Crippen LogP contribution in [0, 0.1) is 6.92 Å². The molecule has 2 aromatic heterocycles. The van der Waals surface area contributed by atoms with E-state index in [1.54, 1.807) is 16.8 Å². The zero-order valence-corrected chi connectivity index (χ0v) is 16.5. The van der Waals surface area contributed by atoms with Gasteiger partial charge in [0, 0.05) is 37.4 Å². The molecule has 0 aliphatic carbocycles. The highest BCUT2D eigenvalue weighted by atomic mass is 32.2. The Morgan fingerprint density at radius 1 is 1.25 bits per heavy atom. The van der Waals surface area contributed by atoms with Crippen LogP contribution in [0.2, 0.25) is 0 Å². The summed E-state index contributed by atoms with van der Waals surface area (Å²) in [6.07, 6.45) is 5.64. The molecule has 2 aliphatic rings. The zero-order valence-electron chi connectivity index (χ0n) is 15.7. The van der Waals surface area contributed by atoms with E-state index in [4.69, 9.17) is 0 Å². The molecule has 0 unspecified atom stereocenters. The maximum absolute atomic E-state index is 12.5. The molecule has 2 aromatic rings. The van der Waals surface area contributed by atoms with Gasteiger partial charge in [-0.1, -0.05) is 6.07 Å². The number of aromatic nitrogens is 3. The van der Waals surface area contributed by atoms with E-state index in [1.165, 1.54) is 16.8 Å². The van der Waals surface area contributed by atoms with Crippen molar-refractivity contribution in [2.75, 3.05) is 24.7 Å². The molecule has 0 bridgehead atoms. The largest absolute Gasteiger partial charge is 0.335 e. The Kier molecular flexibility index (Phi) is 4.35. The number of anilines is 1. The van der Waals surface area contributed by atoms with Gasteiger partial charge in [-0.3, -0.25) is 9.59 Å². The highest BCUT2D eigenvalue weighted by Gasteiger charge is 2.48. The summed E-state index contributed by atoms with van der Waals surface area (Å²) in [4.78, 5) is 33.4. The van der Waals surface area contributed by atoms with Crippen LogP contribution in [-0.2, 0) is 22.0 Å². The van der Waals surface area contributed by atoms with Crippen LogP contribution in [0.15, 0.2) is 29.3 Å². The summed E-state index contributed by atoms with van der Waals surface area (Å²) in [6.45, 7) is 3.20. The van der Waals surface area contributed by atoms with Crippen LogP contribution in [0.4, 0.5) is 5.82 Å². The number of hydrogen-bond donors (Lipinski definition) is 1. The van der Waals surface area contributed by atoms with Gasteiger partial charge in [0.2, 0.25) is 10.0 Å². The Morgan fingerprint density at radius 2 is 2.00 bits per heavy atom. The lowest BCUT2D eigenvalue weighted by Crippen LogP contribution is -2.35. The van der Waals surface area contributed by atoms with Crippen molar-refractivity contribution in [3.63, 3.8) is 0 Å². The van der Waals surface area contributed by atoms with Gasteiger partial charge in [-0.05, 0) is 31.4 Å². The Morgan fingerprint density at radius 3 is 2.64 bits per heavy atom. The molecule has 4 heterocycles. The summed E-state index contributed by atoms with van der Waals surface area (Å²) in [5, 5.41) is 2.61. The normalized spacial score (nSPS) is 21.8. The van der Waals surface area contributed by atoms with Crippen LogP contribution in [0.3, 0.4) is 0 Å². The summed E-state index contributed by atoms with van der Waals surface area (Å²) < 4.78 is 27.0. The van der Waals surface area contributed by atoms with Crippen LogP contribution in [-0.4, -0.2) is 52.5 Å². The van der Waals surface area contributed by atoms with Crippen molar-refractivity contribution in [1.29, 1.82) is 0 Å². The maximum Gasteiger partial charge on any atom is 0.285 e. The van der Waals surface area contributed by atoms with Gasteiger partial charge in [-0.15, -0.1) is 0 Å². The minimum Gasteiger partial charge on any atom is -0.335 e. The second-order valence-electron chi connectivity index (χ2n) is 7.53. The molecule has 2 aliphatic heterocycles. The molecule has 10 heteroatoms. The third-order valence-corrected chi connectivity index (χ3v) is 6.74. The van der Waals surface area contributed by atoms with Gasteiger partial charge in [-0.25, -0.2) is 17.7 Å². The quantitative estimate of drug-likeness (QED) is 0.798. The van der Waals surface area contributed by atoms with E-state index in [0.717, 1.165) is 5.56 Å². The second-order valence-corrected chi connectivity index (χ2v) is 9.51. The number of pyridine rings is 1. The zero-order chi connectivity index (χ0) is 20.1. The van der Waals surface area contributed by atoms with Gasteiger partial charge in [0.25, 0.3) is 11.5 Å². The Hall–Kier alpha value is -2.59. The van der Waals surface area contributed by atoms with Gasteiger partial charge in [0.05, 0.1) is 6.26 Å². The molecule has 1 fully saturated rings. The molecule has 28 heavy (non-hydrogen) atoms. The molecule has 1 spiro atoms. The predicted octanol–water partition coefficient (Wildman–Crippen LogP) is 0.506. The molecule has 0 radical (unpaired) electrons. The van der Waals surface area contributed by atoms with Crippen molar-refractivity contribution in [1.82, 2.24) is 18.8 Å². The van der Waals surface area contributed by atoms with Gasteiger partial charge >= 0.3 is 0 Å². The molecule has 4 rings (SSSR count). The van der Waals surface area contributed by atoms with Crippen LogP contribution in [0.5, 0.6) is 0 Å². The molecule has 1 N–H and O–H groups in total. The Labute approximate surface area is 162 Å². The van der Waals surface area contributed by atoms with Gasteiger partial charge < -0.3 is 9.88 Å². The smallest absolute Gasteiger partial charge is 0.285 e. The lowest BCUT2D eigenvalue weighted by Gasteiger charge is -2.22. The first-order valence-electron chi connectivity index (χ1n) is 8.99. The van der Waals surface area contributed by atoms with Crippen molar-refractivity contribution in [2.24, 2.45) is 0 Å². The minimum absolute atomic E-state index is 0.0545. The molecule has 148 valence electrons. The molecular weight excluding hydrogens is 382 g/mol. The number of carbonyl (C=O) groups is 1. The first-order chi connectivity index (χ1) is 13.2. The van der Waals surface area contributed by atoms with Gasteiger partial charge in [0.15, 0.2) is 0 Å². The van der Waals surface area contributed by atoms with Crippen LogP contribution >= 0.6 is 0 Å². The lowest BCUT2D eigenvalue weighted by molar-refractivity contribution is 0.102. The van der Waals surface area contributed by atoms with E-state index < -0.39 is 26.9 Å². The van der Waals surface area contributed by atoms with E-state index in [1.807, 2.05) is 13.0 Å². The van der Waals surface area contributed by atoms with E-state index in [2.05, 4.69) is 15.3 Å². The number of rotatable bonds is 3. The minimum atomic E-state index is -3.29. The summed E-state index contributed by atoms with van der Waals surface area (Å²) in [5.74, 6) is 0.361. The monoisotopic (exact) mass is 403 g/mol. The van der Waals surface area contributed by atoms with Crippen LogP contribution < -0.4 is 10.9 Å². The molecule has 9 nitrogen and oxygen atoms in total. The predicted molar refractivity (Wildman–Crippen MR) is 103 cm³/mol.